The first kappa shape index (κ1) is 16.7. The maximum absolute atomic E-state index is 12.3. The van der Waals surface area contributed by atoms with Gasteiger partial charge in [0.2, 0.25) is 5.91 Å². The van der Waals surface area contributed by atoms with Gasteiger partial charge in [0.1, 0.15) is 0 Å². The predicted octanol–water partition coefficient (Wildman–Crippen LogP) is 4.67. The fraction of sp³-hybridized carbons (Fsp3) is 0.556. The molecule has 1 aliphatic heterocycles. The van der Waals surface area contributed by atoms with E-state index in [0.29, 0.717) is 24.2 Å². The molecule has 0 saturated carbocycles. The van der Waals surface area contributed by atoms with E-state index < -0.39 is 0 Å². The maximum Gasteiger partial charge on any atom is 0.222 e. The highest BCUT2D eigenvalue weighted by Crippen LogP contribution is 2.32. The van der Waals surface area contributed by atoms with Gasteiger partial charge < -0.3 is 4.90 Å². The Morgan fingerprint density at radius 2 is 2.13 bits per heavy atom. The monoisotopic (exact) mass is 348 g/mol. The van der Waals surface area contributed by atoms with Gasteiger partial charge >= 0.3 is 0 Å². The van der Waals surface area contributed by atoms with Gasteiger partial charge in [-0.15, -0.1) is 22.7 Å². The zero-order valence-electron chi connectivity index (χ0n) is 13.8. The highest BCUT2D eigenvalue weighted by Gasteiger charge is 2.25. The molecule has 1 amide bonds. The lowest BCUT2D eigenvalue weighted by Crippen LogP contribution is -2.38. The minimum atomic E-state index is 0.304. The van der Waals surface area contributed by atoms with Gasteiger partial charge in [-0.1, -0.05) is 19.9 Å². The van der Waals surface area contributed by atoms with Gasteiger partial charge in [-0.2, -0.15) is 0 Å². The fourth-order valence-electron chi connectivity index (χ4n) is 2.97. The highest BCUT2D eigenvalue weighted by atomic mass is 32.1. The fourth-order valence-corrected chi connectivity index (χ4v) is 4.83. The summed E-state index contributed by atoms with van der Waals surface area (Å²) in [6.07, 6.45) is 3.62. The number of hydrogen-bond donors (Lipinski definition) is 0. The molecule has 3 nitrogen and oxygen atoms in total. The van der Waals surface area contributed by atoms with Gasteiger partial charge in [0.05, 0.1) is 10.7 Å². The van der Waals surface area contributed by atoms with Crippen LogP contribution < -0.4 is 0 Å². The van der Waals surface area contributed by atoms with Crippen molar-refractivity contribution in [3.05, 3.63) is 38.5 Å². The first-order valence-corrected chi connectivity index (χ1v) is 10.1. The van der Waals surface area contributed by atoms with Crippen LogP contribution >= 0.6 is 22.7 Å². The normalized spacial score (nSPS) is 16.2. The molecule has 1 saturated heterocycles. The van der Waals surface area contributed by atoms with Crippen LogP contribution in [-0.4, -0.2) is 28.9 Å². The minimum absolute atomic E-state index is 0.304. The summed E-state index contributed by atoms with van der Waals surface area (Å²) in [5.74, 6) is 1.34. The standard InChI is InChI=1S/C18H24N2OS2/c1-13(2)16-12-23-18(19-16)14-7-9-20(10-8-14)17(21)6-5-15-4-3-11-22-15/h3-4,11-14H,5-10H2,1-2H3. The summed E-state index contributed by atoms with van der Waals surface area (Å²) in [7, 11) is 0. The molecular weight excluding hydrogens is 324 g/mol. The van der Waals surface area contributed by atoms with Gasteiger partial charge in [-0.3, -0.25) is 4.79 Å². The Hall–Kier alpha value is -1.20. The third-order valence-electron chi connectivity index (χ3n) is 4.49. The quantitative estimate of drug-likeness (QED) is 0.787. The summed E-state index contributed by atoms with van der Waals surface area (Å²) in [6.45, 7) is 6.14. The van der Waals surface area contributed by atoms with Crippen molar-refractivity contribution in [1.29, 1.82) is 0 Å². The number of rotatable bonds is 5. The van der Waals surface area contributed by atoms with Crippen molar-refractivity contribution >= 4 is 28.6 Å². The number of nitrogens with zero attached hydrogens (tertiary/aromatic N) is 2. The number of carbonyl (C=O) groups excluding carboxylic acids is 1. The van der Waals surface area contributed by atoms with Crippen LogP contribution in [-0.2, 0) is 11.2 Å². The summed E-state index contributed by atoms with van der Waals surface area (Å²) in [5, 5.41) is 5.53. The summed E-state index contributed by atoms with van der Waals surface area (Å²) < 4.78 is 0. The van der Waals surface area contributed by atoms with E-state index in [0.717, 1.165) is 32.4 Å². The van der Waals surface area contributed by atoms with E-state index in [-0.39, 0.29) is 0 Å². The van der Waals surface area contributed by atoms with Crippen molar-refractivity contribution in [2.45, 2.75) is 51.4 Å². The molecule has 0 unspecified atom stereocenters. The first-order chi connectivity index (χ1) is 11.1. The number of piperidine rings is 1. The summed E-state index contributed by atoms with van der Waals surface area (Å²) in [4.78, 5) is 20.5. The molecule has 0 spiro atoms. The van der Waals surface area contributed by atoms with Crippen LogP contribution in [0.1, 0.15) is 60.5 Å². The van der Waals surface area contributed by atoms with E-state index in [9.17, 15) is 4.79 Å². The smallest absolute Gasteiger partial charge is 0.222 e. The van der Waals surface area contributed by atoms with Crippen molar-refractivity contribution < 1.29 is 4.79 Å². The Morgan fingerprint density at radius 3 is 2.74 bits per heavy atom. The molecule has 0 bridgehead atoms. The van der Waals surface area contributed by atoms with Gasteiger partial charge in [-0.25, -0.2) is 4.98 Å². The molecule has 3 heterocycles. The number of hydrogen-bond acceptors (Lipinski definition) is 4. The van der Waals surface area contributed by atoms with Crippen LogP contribution in [0, 0.1) is 0 Å². The number of likely N-dealkylation sites (tertiary alicyclic amines) is 1. The molecule has 5 heteroatoms. The highest BCUT2D eigenvalue weighted by molar-refractivity contribution is 7.10. The summed E-state index contributed by atoms with van der Waals surface area (Å²) in [6, 6.07) is 4.16. The van der Waals surface area contributed by atoms with Gasteiger partial charge in [-0.05, 0) is 36.6 Å². The Labute approximate surface area is 146 Å². The van der Waals surface area contributed by atoms with Gasteiger partial charge in [0.25, 0.3) is 0 Å². The Kier molecular flexibility index (Phi) is 5.49. The molecule has 0 atom stereocenters. The molecule has 0 radical (unpaired) electrons. The number of thiophene rings is 1. The van der Waals surface area contributed by atoms with Crippen LogP contribution in [0.15, 0.2) is 22.9 Å². The number of thiazole rings is 1. The average Bonchev–Trinajstić information content (AvgIpc) is 3.24. The SMILES string of the molecule is CC(C)c1csc(C2CCN(C(=O)CCc3cccs3)CC2)n1. The third kappa shape index (κ3) is 4.21. The van der Waals surface area contributed by atoms with Gasteiger partial charge in [0.15, 0.2) is 0 Å². The van der Waals surface area contributed by atoms with E-state index in [1.165, 1.54) is 15.6 Å². The molecule has 2 aromatic rings. The van der Waals surface area contributed by atoms with E-state index >= 15 is 0 Å². The van der Waals surface area contributed by atoms with Crippen LogP contribution in [0.5, 0.6) is 0 Å². The van der Waals surface area contributed by atoms with E-state index in [4.69, 9.17) is 4.98 Å². The number of aromatic nitrogens is 1. The van der Waals surface area contributed by atoms with E-state index in [2.05, 4.69) is 36.7 Å². The van der Waals surface area contributed by atoms with Gasteiger partial charge in [0, 0.05) is 35.7 Å². The molecule has 0 aromatic carbocycles. The summed E-state index contributed by atoms with van der Waals surface area (Å²) in [5.41, 5.74) is 1.21. The van der Waals surface area contributed by atoms with Crippen molar-refractivity contribution in [3.63, 3.8) is 0 Å². The lowest BCUT2D eigenvalue weighted by molar-refractivity contribution is -0.132. The second-order valence-corrected chi connectivity index (χ2v) is 8.42. The van der Waals surface area contributed by atoms with Crippen LogP contribution in [0.4, 0.5) is 0 Å². The zero-order chi connectivity index (χ0) is 16.2. The molecule has 0 N–H and O–H groups in total. The van der Waals surface area contributed by atoms with Crippen LogP contribution in [0.25, 0.3) is 0 Å². The van der Waals surface area contributed by atoms with Crippen molar-refractivity contribution in [2.75, 3.05) is 13.1 Å². The van der Waals surface area contributed by atoms with E-state index in [1.54, 1.807) is 22.7 Å². The van der Waals surface area contributed by atoms with Crippen molar-refractivity contribution in [2.24, 2.45) is 0 Å². The average molecular weight is 349 g/mol. The second-order valence-electron chi connectivity index (χ2n) is 6.50. The lowest BCUT2D eigenvalue weighted by atomic mass is 9.97. The van der Waals surface area contributed by atoms with Crippen molar-refractivity contribution in [1.82, 2.24) is 9.88 Å². The number of amides is 1. The Morgan fingerprint density at radius 1 is 1.35 bits per heavy atom. The summed E-state index contributed by atoms with van der Waals surface area (Å²) >= 11 is 3.53. The molecule has 124 valence electrons. The zero-order valence-corrected chi connectivity index (χ0v) is 15.5. The molecule has 0 aliphatic carbocycles. The predicted molar refractivity (Wildman–Crippen MR) is 97.4 cm³/mol. The molecular formula is C18H24N2OS2. The molecule has 23 heavy (non-hydrogen) atoms. The Balaban J connectivity index is 1.48. The third-order valence-corrected chi connectivity index (χ3v) is 6.46. The largest absolute Gasteiger partial charge is 0.343 e. The molecule has 1 aliphatic rings. The number of aryl methyl sites for hydroxylation is 1. The maximum atomic E-state index is 12.3. The molecule has 3 rings (SSSR count). The topological polar surface area (TPSA) is 33.2 Å². The van der Waals surface area contributed by atoms with E-state index in [1.807, 2.05) is 4.90 Å². The second kappa shape index (κ2) is 7.58. The van der Waals surface area contributed by atoms with Crippen molar-refractivity contribution in [3.8, 4) is 0 Å². The van der Waals surface area contributed by atoms with Crippen LogP contribution in [0.3, 0.4) is 0 Å². The minimum Gasteiger partial charge on any atom is -0.343 e. The first-order valence-electron chi connectivity index (χ1n) is 8.39. The lowest BCUT2D eigenvalue weighted by Gasteiger charge is -2.31. The van der Waals surface area contributed by atoms with Crippen LogP contribution in [0.2, 0.25) is 0 Å². The molecule has 1 fully saturated rings. The molecule has 2 aromatic heterocycles. The Bertz CT molecular complexity index is 625. The number of carbonyl (C=O) groups is 1.